The molecule has 0 amide bonds. The summed E-state index contributed by atoms with van der Waals surface area (Å²) in [5.74, 6) is -1.24. The Balaban J connectivity index is 1.86. The lowest BCUT2D eigenvalue weighted by Gasteiger charge is -2.10. The Kier molecular flexibility index (Phi) is 4.33. The van der Waals surface area contributed by atoms with Gasteiger partial charge < -0.3 is 10.6 Å². The van der Waals surface area contributed by atoms with E-state index in [1.807, 2.05) is 0 Å². The molecule has 0 unspecified atom stereocenters. The van der Waals surface area contributed by atoms with Crippen molar-refractivity contribution in [3.8, 4) is 0 Å². The molecule has 7 heteroatoms. The molecule has 1 heterocycles. The third-order valence-corrected chi connectivity index (χ3v) is 3.13. The fourth-order valence-electron chi connectivity index (χ4n) is 2.11. The minimum atomic E-state index is -0.750. The molecule has 0 bridgehead atoms. The molecule has 3 aromatic rings. The molecule has 0 aliphatic rings. The number of halogens is 3. The molecule has 0 aliphatic carbocycles. The van der Waals surface area contributed by atoms with Gasteiger partial charge in [-0.25, -0.2) is 18.2 Å². The molecule has 4 nitrogen and oxygen atoms in total. The quantitative estimate of drug-likeness (QED) is 0.729. The summed E-state index contributed by atoms with van der Waals surface area (Å²) >= 11 is 0. The largest absolute Gasteiger partial charge is 0.340 e. The molecule has 3 rings (SSSR count). The van der Waals surface area contributed by atoms with Gasteiger partial charge >= 0.3 is 0 Å². The van der Waals surface area contributed by atoms with Gasteiger partial charge in [0.2, 0.25) is 5.95 Å². The molecular weight excluding hydrogens is 317 g/mol. The number of anilines is 4. The van der Waals surface area contributed by atoms with Gasteiger partial charge in [-0.05, 0) is 37.3 Å². The Labute approximate surface area is 136 Å². The predicted octanol–water partition coefficient (Wildman–Crippen LogP) is 4.69. The van der Waals surface area contributed by atoms with Crippen molar-refractivity contribution in [1.29, 1.82) is 0 Å². The van der Waals surface area contributed by atoms with Crippen LogP contribution in [0.3, 0.4) is 0 Å². The van der Waals surface area contributed by atoms with E-state index in [-0.39, 0.29) is 17.5 Å². The van der Waals surface area contributed by atoms with Crippen LogP contribution in [0.4, 0.5) is 36.3 Å². The Bertz CT molecular complexity index is 883. The van der Waals surface area contributed by atoms with Gasteiger partial charge in [0.1, 0.15) is 23.3 Å². The average Bonchev–Trinajstić information content (AvgIpc) is 2.49. The van der Waals surface area contributed by atoms with Crippen molar-refractivity contribution in [2.75, 3.05) is 10.6 Å². The second-order valence-electron chi connectivity index (χ2n) is 5.10. The number of aryl methyl sites for hydroxylation is 1. The zero-order chi connectivity index (χ0) is 17.1. The van der Waals surface area contributed by atoms with Crippen LogP contribution >= 0.6 is 0 Å². The summed E-state index contributed by atoms with van der Waals surface area (Å²) in [6.07, 6.45) is 0. The molecule has 0 saturated carbocycles. The van der Waals surface area contributed by atoms with Gasteiger partial charge in [-0.1, -0.05) is 6.07 Å². The Morgan fingerprint density at radius 3 is 2.38 bits per heavy atom. The van der Waals surface area contributed by atoms with E-state index in [0.717, 1.165) is 12.1 Å². The van der Waals surface area contributed by atoms with Crippen molar-refractivity contribution >= 4 is 23.1 Å². The highest BCUT2D eigenvalue weighted by Gasteiger charge is 2.08. The van der Waals surface area contributed by atoms with Crippen LogP contribution in [0, 0.1) is 24.4 Å². The van der Waals surface area contributed by atoms with Crippen molar-refractivity contribution in [3.05, 3.63) is 71.7 Å². The summed E-state index contributed by atoms with van der Waals surface area (Å²) in [5.41, 5.74) is 1.19. The summed E-state index contributed by atoms with van der Waals surface area (Å²) in [7, 11) is 0. The zero-order valence-corrected chi connectivity index (χ0v) is 12.6. The van der Waals surface area contributed by atoms with Crippen LogP contribution in [-0.4, -0.2) is 9.97 Å². The van der Waals surface area contributed by atoms with Crippen molar-refractivity contribution in [2.45, 2.75) is 6.92 Å². The molecule has 2 aromatic carbocycles. The summed E-state index contributed by atoms with van der Waals surface area (Å²) in [6, 6.07) is 10.7. The number of benzene rings is 2. The Hall–Kier alpha value is -3.09. The van der Waals surface area contributed by atoms with E-state index in [4.69, 9.17) is 0 Å². The molecule has 122 valence electrons. The second kappa shape index (κ2) is 6.57. The molecule has 0 atom stereocenters. The fraction of sp³-hybridized carbons (Fsp3) is 0.0588. The topological polar surface area (TPSA) is 49.8 Å². The lowest BCUT2D eigenvalue weighted by Crippen LogP contribution is -2.03. The maximum Gasteiger partial charge on any atom is 0.229 e. The molecule has 24 heavy (non-hydrogen) atoms. The van der Waals surface area contributed by atoms with Gasteiger partial charge in [0.25, 0.3) is 0 Å². The average molecular weight is 330 g/mol. The molecular formula is C17H13F3N4. The molecule has 0 fully saturated rings. The summed E-state index contributed by atoms with van der Waals surface area (Å²) < 4.78 is 39.9. The van der Waals surface area contributed by atoms with Crippen LogP contribution in [-0.2, 0) is 0 Å². The van der Waals surface area contributed by atoms with Crippen LogP contribution in [0.15, 0.2) is 48.5 Å². The van der Waals surface area contributed by atoms with Crippen molar-refractivity contribution < 1.29 is 13.2 Å². The van der Waals surface area contributed by atoms with E-state index in [9.17, 15) is 13.2 Å². The maximum absolute atomic E-state index is 13.7. The standard InChI is InChI=1S/C17H13F3N4/c1-10-7-16(22-13-4-2-3-11(18)8-13)24-17(21-10)23-15-6-5-12(19)9-14(15)20/h2-9H,1H3,(H2,21,22,23,24). The highest BCUT2D eigenvalue weighted by Crippen LogP contribution is 2.21. The SMILES string of the molecule is Cc1cc(Nc2cccc(F)c2)nc(Nc2ccc(F)cc2F)n1. The zero-order valence-electron chi connectivity index (χ0n) is 12.6. The number of aromatic nitrogens is 2. The van der Waals surface area contributed by atoms with Crippen molar-refractivity contribution in [1.82, 2.24) is 9.97 Å². The van der Waals surface area contributed by atoms with E-state index < -0.39 is 11.6 Å². The van der Waals surface area contributed by atoms with E-state index in [1.54, 1.807) is 25.1 Å². The highest BCUT2D eigenvalue weighted by atomic mass is 19.1. The first-order chi connectivity index (χ1) is 11.5. The smallest absolute Gasteiger partial charge is 0.229 e. The lowest BCUT2D eigenvalue weighted by molar-refractivity contribution is 0.586. The number of hydrogen-bond acceptors (Lipinski definition) is 4. The molecule has 1 aromatic heterocycles. The highest BCUT2D eigenvalue weighted by molar-refractivity contribution is 5.60. The Morgan fingerprint density at radius 1 is 0.833 bits per heavy atom. The van der Waals surface area contributed by atoms with Gasteiger partial charge in [0.05, 0.1) is 5.69 Å². The minimum Gasteiger partial charge on any atom is -0.340 e. The molecule has 0 aliphatic heterocycles. The summed E-state index contributed by atoms with van der Waals surface area (Å²) in [4.78, 5) is 8.36. The molecule has 2 N–H and O–H groups in total. The molecule has 0 spiro atoms. The van der Waals surface area contributed by atoms with Crippen LogP contribution in [0.25, 0.3) is 0 Å². The fourth-order valence-corrected chi connectivity index (χ4v) is 2.11. The third-order valence-electron chi connectivity index (χ3n) is 3.13. The monoisotopic (exact) mass is 330 g/mol. The van der Waals surface area contributed by atoms with E-state index in [0.29, 0.717) is 17.2 Å². The lowest BCUT2D eigenvalue weighted by atomic mass is 10.3. The van der Waals surface area contributed by atoms with E-state index in [1.165, 1.54) is 18.2 Å². The van der Waals surface area contributed by atoms with Crippen molar-refractivity contribution in [3.63, 3.8) is 0 Å². The molecule has 0 saturated heterocycles. The maximum atomic E-state index is 13.7. The third kappa shape index (κ3) is 3.81. The van der Waals surface area contributed by atoms with Gasteiger partial charge in [0, 0.05) is 23.5 Å². The van der Waals surface area contributed by atoms with Gasteiger partial charge in [-0.2, -0.15) is 4.98 Å². The summed E-state index contributed by atoms with van der Waals surface area (Å²) in [6.45, 7) is 1.74. The minimum absolute atomic E-state index is 0.0544. The predicted molar refractivity (Wildman–Crippen MR) is 86.1 cm³/mol. The second-order valence-corrected chi connectivity index (χ2v) is 5.10. The van der Waals surface area contributed by atoms with Crippen LogP contribution in [0.5, 0.6) is 0 Å². The summed E-state index contributed by atoms with van der Waals surface area (Å²) in [5, 5.41) is 5.65. The number of nitrogens with zero attached hydrogens (tertiary/aromatic N) is 2. The van der Waals surface area contributed by atoms with Gasteiger partial charge in [0.15, 0.2) is 0 Å². The van der Waals surface area contributed by atoms with E-state index >= 15 is 0 Å². The number of nitrogens with one attached hydrogen (secondary N) is 2. The van der Waals surface area contributed by atoms with Crippen LogP contribution < -0.4 is 10.6 Å². The number of hydrogen-bond donors (Lipinski definition) is 2. The van der Waals surface area contributed by atoms with Crippen LogP contribution in [0.2, 0.25) is 0 Å². The first-order valence-corrected chi connectivity index (χ1v) is 7.10. The first-order valence-electron chi connectivity index (χ1n) is 7.10. The normalized spacial score (nSPS) is 10.5. The van der Waals surface area contributed by atoms with Gasteiger partial charge in [-0.3, -0.25) is 0 Å². The Morgan fingerprint density at radius 2 is 1.62 bits per heavy atom. The molecule has 0 radical (unpaired) electrons. The van der Waals surface area contributed by atoms with Crippen LogP contribution in [0.1, 0.15) is 5.69 Å². The van der Waals surface area contributed by atoms with Gasteiger partial charge in [-0.15, -0.1) is 0 Å². The van der Waals surface area contributed by atoms with Crippen molar-refractivity contribution in [2.24, 2.45) is 0 Å². The number of rotatable bonds is 4. The first kappa shape index (κ1) is 15.8. The van der Waals surface area contributed by atoms with E-state index in [2.05, 4.69) is 20.6 Å².